The van der Waals surface area contributed by atoms with Gasteiger partial charge in [-0.3, -0.25) is 4.79 Å². The third-order valence-corrected chi connectivity index (χ3v) is 3.26. The molecule has 0 unspecified atom stereocenters. The van der Waals surface area contributed by atoms with Gasteiger partial charge in [-0.25, -0.2) is 0 Å². The van der Waals surface area contributed by atoms with Gasteiger partial charge < -0.3 is 9.73 Å². The molecule has 3 rings (SSSR count). The van der Waals surface area contributed by atoms with Gasteiger partial charge >= 0.3 is 0 Å². The van der Waals surface area contributed by atoms with Gasteiger partial charge in [0.15, 0.2) is 5.76 Å². The Hall–Kier alpha value is -2.81. The molecular weight excluding hydrogens is 262 g/mol. The van der Waals surface area contributed by atoms with Gasteiger partial charge in [-0.15, -0.1) is 0 Å². The SMILES string of the molecule is O=C(NCc1ccc(-c2ccccc2)cc1)c1ccco1. The molecule has 3 heteroatoms. The van der Waals surface area contributed by atoms with Gasteiger partial charge in [0.05, 0.1) is 6.26 Å². The van der Waals surface area contributed by atoms with Crippen molar-refractivity contribution in [2.45, 2.75) is 6.54 Å². The minimum atomic E-state index is -0.202. The molecule has 0 spiro atoms. The molecule has 0 aliphatic carbocycles. The highest BCUT2D eigenvalue weighted by Gasteiger charge is 2.07. The summed E-state index contributed by atoms with van der Waals surface area (Å²) in [6.45, 7) is 0.481. The number of hydrogen-bond acceptors (Lipinski definition) is 2. The van der Waals surface area contributed by atoms with E-state index in [1.54, 1.807) is 12.1 Å². The second kappa shape index (κ2) is 6.09. The van der Waals surface area contributed by atoms with Crippen LogP contribution in [0.1, 0.15) is 16.1 Å². The highest BCUT2D eigenvalue weighted by molar-refractivity contribution is 5.91. The van der Waals surface area contributed by atoms with Gasteiger partial charge in [0.1, 0.15) is 0 Å². The molecule has 0 fully saturated rings. The van der Waals surface area contributed by atoms with E-state index in [9.17, 15) is 4.79 Å². The summed E-state index contributed by atoms with van der Waals surface area (Å²) in [6.07, 6.45) is 1.49. The lowest BCUT2D eigenvalue weighted by Gasteiger charge is -2.06. The Balaban J connectivity index is 1.64. The number of benzene rings is 2. The van der Waals surface area contributed by atoms with Gasteiger partial charge in [-0.2, -0.15) is 0 Å². The van der Waals surface area contributed by atoms with Crippen LogP contribution in [-0.2, 0) is 6.54 Å². The number of hydrogen-bond donors (Lipinski definition) is 1. The van der Waals surface area contributed by atoms with Crippen molar-refractivity contribution in [2.24, 2.45) is 0 Å². The molecule has 0 aliphatic rings. The van der Waals surface area contributed by atoms with Crippen LogP contribution in [0.3, 0.4) is 0 Å². The Kier molecular flexibility index (Phi) is 3.83. The molecule has 21 heavy (non-hydrogen) atoms. The molecule has 1 heterocycles. The van der Waals surface area contributed by atoms with Crippen molar-refractivity contribution in [1.29, 1.82) is 0 Å². The zero-order valence-corrected chi connectivity index (χ0v) is 11.5. The molecule has 0 atom stereocenters. The molecule has 0 radical (unpaired) electrons. The molecule has 3 aromatic rings. The number of amides is 1. The Labute approximate surface area is 123 Å². The van der Waals surface area contributed by atoms with Gasteiger partial charge in [0, 0.05) is 6.54 Å². The van der Waals surface area contributed by atoms with E-state index in [4.69, 9.17) is 4.42 Å². The van der Waals surface area contributed by atoms with E-state index in [1.807, 2.05) is 30.3 Å². The summed E-state index contributed by atoms with van der Waals surface area (Å²) in [5.41, 5.74) is 3.40. The molecule has 3 nitrogen and oxygen atoms in total. The number of nitrogens with one attached hydrogen (secondary N) is 1. The molecule has 1 aromatic heterocycles. The Bertz CT molecular complexity index is 701. The van der Waals surface area contributed by atoms with Gasteiger partial charge in [0.25, 0.3) is 5.91 Å². The minimum Gasteiger partial charge on any atom is -0.459 e. The van der Waals surface area contributed by atoms with E-state index in [0.29, 0.717) is 12.3 Å². The quantitative estimate of drug-likeness (QED) is 0.786. The molecule has 1 amide bonds. The smallest absolute Gasteiger partial charge is 0.287 e. The Morgan fingerprint density at radius 2 is 1.57 bits per heavy atom. The van der Waals surface area contributed by atoms with Crippen molar-refractivity contribution in [2.75, 3.05) is 0 Å². The van der Waals surface area contributed by atoms with Crippen molar-refractivity contribution in [3.8, 4) is 11.1 Å². The lowest BCUT2D eigenvalue weighted by molar-refractivity contribution is 0.0923. The summed E-state index contributed by atoms with van der Waals surface area (Å²) < 4.78 is 5.05. The molecule has 0 aliphatic heterocycles. The molecule has 2 aromatic carbocycles. The third-order valence-electron chi connectivity index (χ3n) is 3.26. The third kappa shape index (κ3) is 3.20. The van der Waals surface area contributed by atoms with E-state index in [2.05, 4.69) is 29.6 Å². The molecular formula is C18H15NO2. The van der Waals surface area contributed by atoms with Crippen molar-refractivity contribution < 1.29 is 9.21 Å². The summed E-state index contributed by atoms with van der Waals surface area (Å²) in [4.78, 5) is 11.8. The van der Waals surface area contributed by atoms with Crippen LogP contribution in [0.15, 0.2) is 77.4 Å². The second-order valence-corrected chi connectivity index (χ2v) is 4.72. The maximum Gasteiger partial charge on any atom is 0.287 e. The molecule has 1 N–H and O–H groups in total. The molecule has 104 valence electrons. The second-order valence-electron chi connectivity index (χ2n) is 4.72. The van der Waals surface area contributed by atoms with E-state index < -0.39 is 0 Å². The monoisotopic (exact) mass is 277 g/mol. The van der Waals surface area contributed by atoms with Crippen molar-refractivity contribution in [3.63, 3.8) is 0 Å². The lowest BCUT2D eigenvalue weighted by atomic mass is 10.0. The summed E-state index contributed by atoms with van der Waals surface area (Å²) in [6, 6.07) is 21.7. The van der Waals surface area contributed by atoms with E-state index >= 15 is 0 Å². The average molecular weight is 277 g/mol. The maximum atomic E-state index is 11.8. The fourth-order valence-electron chi connectivity index (χ4n) is 2.12. The predicted octanol–water partition coefficient (Wildman–Crippen LogP) is 3.88. The summed E-state index contributed by atoms with van der Waals surface area (Å²) in [5, 5.41) is 2.83. The normalized spacial score (nSPS) is 10.3. The Morgan fingerprint density at radius 1 is 0.857 bits per heavy atom. The molecule has 0 bridgehead atoms. The van der Waals surface area contributed by atoms with Crippen LogP contribution >= 0.6 is 0 Å². The summed E-state index contributed by atoms with van der Waals surface area (Å²) in [5.74, 6) is 0.128. The highest BCUT2D eigenvalue weighted by atomic mass is 16.3. The topological polar surface area (TPSA) is 42.2 Å². The molecule has 0 saturated heterocycles. The predicted molar refractivity (Wildman–Crippen MR) is 81.8 cm³/mol. The largest absolute Gasteiger partial charge is 0.459 e. The first-order valence-electron chi connectivity index (χ1n) is 6.79. The van der Waals surface area contributed by atoms with Gasteiger partial charge in [-0.1, -0.05) is 54.6 Å². The Morgan fingerprint density at radius 3 is 2.24 bits per heavy atom. The van der Waals surface area contributed by atoms with Gasteiger partial charge in [-0.05, 0) is 28.8 Å². The van der Waals surface area contributed by atoms with Crippen LogP contribution in [-0.4, -0.2) is 5.91 Å². The minimum absolute atomic E-state index is 0.202. The van der Waals surface area contributed by atoms with E-state index in [0.717, 1.165) is 11.1 Å². The van der Waals surface area contributed by atoms with Crippen LogP contribution < -0.4 is 5.32 Å². The van der Waals surface area contributed by atoms with Crippen molar-refractivity contribution in [1.82, 2.24) is 5.32 Å². The van der Waals surface area contributed by atoms with Crippen LogP contribution in [0.4, 0.5) is 0 Å². The van der Waals surface area contributed by atoms with Crippen molar-refractivity contribution in [3.05, 3.63) is 84.3 Å². The first-order valence-corrected chi connectivity index (χ1v) is 6.79. The highest BCUT2D eigenvalue weighted by Crippen LogP contribution is 2.19. The number of carbonyl (C=O) groups is 1. The van der Waals surface area contributed by atoms with E-state index in [1.165, 1.54) is 11.8 Å². The fourth-order valence-corrected chi connectivity index (χ4v) is 2.12. The lowest BCUT2D eigenvalue weighted by Crippen LogP contribution is -2.22. The fraction of sp³-hybridized carbons (Fsp3) is 0.0556. The van der Waals surface area contributed by atoms with Crippen molar-refractivity contribution >= 4 is 5.91 Å². The van der Waals surface area contributed by atoms with Crippen LogP contribution in [0.5, 0.6) is 0 Å². The zero-order chi connectivity index (χ0) is 14.5. The van der Waals surface area contributed by atoms with Crippen LogP contribution in [0, 0.1) is 0 Å². The van der Waals surface area contributed by atoms with Crippen LogP contribution in [0.25, 0.3) is 11.1 Å². The van der Waals surface area contributed by atoms with Gasteiger partial charge in [0.2, 0.25) is 0 Å². The number of rotatable bonds is 4. The standard InChI is InChI=1S/C18H15NO2/c20-18(17-7-4-12-21-17)19-13-14-8-10-16(11-9-14)15-5-2-1-3-6-15/h1-12H,13H2,(H,19,20). The first kappa shape index (κ1) is 13.2. The first-order chi connectivity index (χ1) is 10.3. The average Bonchev–Trinajstić information content (AvgIpc) is 3.08. The summed E-state index contributed by atoms with van der Waals surface area (Å²) >= 11 is 0. The summed E-state index contributed by atoms with van der Waals surface area (Å²) in [7, 11) is 0. The van der Waals surface area contributed by atoms with Crippen LogP contribution in [0.2, 0.25) is 0 Å². The number of carbonyl (C=O) groups excluding carboxylic acids is 1. The molecule has 0 saturated carbocycles. The maximum absolute atomic E-state index is 11.8. The van der Waals surface area contributed by atoms with E-state index in [-0.39, 0.29) is 5.91 Å². The number of furan rings is 1. The zero-order valence-electron chi connectivity index (χ0n) is 11.5.